The molecule has 0 unspecified atom stereocenters. The lowest BCUT2D eigenvalue weighted by atomic mass is 10.0. The second-order valence-corrected chi connectivity index (χ2v) is 5.33. The van der Waals surface area contributed by atoms with E-state index in [9.17, 15) is 13.6 Å². The molecule has 0 amide bonds. The van der Waals surface area contributed by atoms with Crippen molar-refractivity contribution >= 4 is 17.5 Å². The Hall–Kier alpha value is -0.900. The van der Waals surface area contributed by atoms with Gasteiger partial charge in [0.05, 0.1) is 5.75 Å². The van der Waals surface area contributed by atoms with E-state index in [1.54, 1.807) is 0 Å². The molecule has 1 aromatic rings. The van der Waals surface area contributed by atoms with Crippen molar-refractivity contribution in [2.75, 3.05) is 5.75 Å². The molecule has 2 rings (SSSR count). The Morgan fingerprint density at radius 3 is 2.71 bits per heavy atom. The minimum absolute atomic E-state index is 0.138. The van der Waals surface area contributed by atoms with Crippen LogP contribution in [0.3, 0.4) is 0 Å². The molecule has 1 fully saturated rings. The Morgan fingerprint density at radius 1 is 1.29 bits per heavy atom. The Labute approximate surface area is 104 Å². The van der Waals surface area contributed by atoms with E-state index in [1.807, 2.05) is 0 Å². The van der Waals surface area contributed by atoms with Crippen LogP contribution in [0, 0.1) is 17.6 Å². The third-order valence-electron chi connectivity index (χ3n) is 3.07. The van der Waals surface area contributed by atoms with Gasteiger partial charge in [0.1, 0.15) is 17.4 Å². The maximum Gasteiger partial charge on any atom is 0.146 e. The number of hydrogen-bond donors (Lipinski definition) is 0. The Bertz CT molecular complexity index is 414. The van der Waals surface area contributed by atoms with Crippen molar-refractivity contribution in [3.05, 3.63) is 29.8 Å². The van der Waals surface area contributed by atoms with Gasteiger partial charge >= 0.3 is 0 Å². The zero-order valence-electron chi connectivity index (χ0n) is 9.42. The maximum absolute atomic E-state index is 13.3. The maximum atomic E-state index is 13.3. The third kappa shape index (κ3) is 3.28. The van der Waals surface area contributed by atoms with Crippen LogP contribution < -0.4 is 0 Å². The Balaban J connectivity index is 1.92. The minimum atomic E-state index is -0.470. The fourth-order valence-electron chi connectivity index (χ4n) is 2.10. The van der Waals surface area contributed by atoms with Gasteiger partial charge in [0.25, 0.3) is 0 Å². The predicted octanol–water partition coefficient (Wildman–Crippen LogP) is 3.82. The molecule has 1 aromatic carbocycles. The summed E-state index contributed by atoms with van der Waals surface area (Å²) >= 11 is 1.09. The number of ketones is 1. The molecule has 92 valence electrons. The van der Waals surface area contributed by atoms with Crippen molar-refractivity contribution in [1.82, 2.24) is 0 Å². The Morgan fingerprint density at radius 2 is 2.00 bits per heavy atom. The number of thioether (sulfide) groups is 1. The van der Waals surface area contributed by atoms with Crippen molar-refractivity contribution in [3.63, 3.8) is 0 Å². The van der Waals surface area contributed by atoms with E-state index in [-0.39, 0.29) is 22.3 Å². The number of carbonyl (C=O) groups excluding carboxylic acids is 1. The van der Waals surface area contributed by atoms with Gasteiger partial charge in [-0.2, -0.15) is 0 Å². The van der Waals surface area contributed by atoms with Crippen LogP contribution in [0.2, 0.25) is 0 Å². The van der Waals surface area contributed by atoms with E-state index in [0.717, 1.165) is 55.6 Å². The lowest BCUT2D eigenvalue weighted by Crippen LogP contribution is -2.13. The van der Waals surface area contributed by atoms with Crippen molar-refractivity contribution in [2.24, 2.45) is 5.92 Å². The van der Waals surface area contributed by atoms with Gasteiger partial charge < -0.3 is 0 Å². The molecular weight excluding hydrogens is 242 g/mol. The van der Waals surface area contributed by atoms with Gasteiger partial charge in [-0.05, 0) is 31.0 Å². The quantitative estimate of drug-likeness (QED) is 0.762. The van der Waals surface area contributed by atoms with E-state index >= 15 is 0 Å². The second-order valence-electron chi connectivity index (χ2n) is 4.31. The van der Waals surface area contributed by atoms with Gasteiger partial charge in [-0.1, -0.05) is 12.8 Å². The highest BCUT2D eigenvalue weighted by molar-refractivity contribution is 8.00. The summed E-state index contributed by atoms with van der Waals surface area (Å²) in [5.74, 6) is -0.390. The van der Waals surface area contributed by atoms with Crippen LogP contribution in [0.4, 0.5) is 8.78 Å². The first-order valence-corrected chi connectivity index (χ1v) is 6.76. The summed E-state index contributed by atoms with van der Waals surface area (Å²) < 4.78 is 26.2. The van der Waals surface area contributed by atoms with Crippen LogP contribution in [0.1, 0.15) is 25.7 Å². The SMILES string of the molecule is O=C(CSc1cc(F)ccc1F)C1CCCC1. The predicted molar refractivity (Wildman–Crippen MR) is 64.0 cm³/mol. The normalized spacial score (nSPS) is 16.4. The molecule has 17 heavy (non-hydrogen) atoms. The summed E-state index contributed by atoms with van der Waals surface area (Å²) in [6.45, 7) is 0. The highest BCUT2D eigenvalue weighted by Crippen LogP contribution is 2.29. The molecule has 0 heterocycles. The van der Waals surface area contributed by atoms with Gasteiger partial charge in [0.2, 0.25) is 0 Å². The molecule has 0 aliphatic heterocycles. The molecular formula is C13H14F2OS. The van der Waals surface area contributed by atoms with E-state index in [4.69, 9.17) is 0 Å². The van der Waals surface area contributed by atoms with Crippen LogP contribution >= 0.6 is 11.8 Å². The van der Waals surface area contributed by atoms with Crippen molar-refractivity contribution in [1.29, 1.82) is 0 Å². The molecule has 0 atom stereocenters. The van der Waals surface area contributed by atoms with Crippen molar-refractivity contribution in [2.45, 2.75) is 30.6 Å². The molecule has 1 aliphatic carbocycles. The van der Waals surface area contributed by atoms with Crippen LogP contribution in [0.25, 0.3) is 0 Å². The van der Waals surface area contributed by atoms with Crippen molar-refractivity contribution < 1.29 is 13.6 Å². The standard InChI is InChI=1S/C13H14F2OS/c14-10-5-6-11(15)13(7-10)17-8-12(16)9-3-1-2-4-9/h5-7,9H,1-4,8H2. The molecule has 0 N–H and O–H groups in total. The summed E-state index contributed by atoms with van der Waals surface area (Å²) in [4.78, 5) is 12.0. The van der Waals surface area contributed by atoms with E-state index in [2.05, 4.69) is 0 Å². The first-order valence-electron chi connectivity index (χ1n) is 5.77. The lowest BCUT2D eigenvalue weighted by Gasteiger charge is -2.07. The molecule has 4 heteroatoms. The van der Waals surface area contributed by atoms with Crippen LogP contribution in [-0.4, -0.2) is 11.5 Å². The molecule has 1 aliphatic rings. The van der Waals surface area contributed by atoms with Crippen molar-refractivity contribution in [3.8, 4) is 0 Å². The highest BCUT2D eigenvalue weighted by Gasteiger charge is 2.22. The smallest absolute Gasteiger partial charge is 0.146 e. The average molecular weight is 256 g/mol. The number of benzene rings is 1. The fourth-order valence-corrected chi connectivity index (χ4v) is 3.04. The van der Waals surface area contributed by atoms with Crippen LogP contribution in [-0.2, 0) is 4.79 Å². The van der Waals surface area contributed by atoms with Gasteiger partial charge in [-0.15, -0.1) is 11.8 Å². The summed E-state index contributed by atoms with van der Waals surface area (Å²) in [7, 11) is 0. The summed E-state index contributed by atoms with van der Waals surface area (Å²) in [6.07, 6.45) is 4.11. The number of carbonyl (C=O) groups is 1. The zero-order valence-corrected chi connectivity index (χ0v) is 10.2. The topological polar surface area (TPSA) is 17.1 Å². The summed E-state index contributed by atoms with van der Waals surface area (Å²) in [5, 5.41) is 0. The number of halogens is 2. The minimum Gasteiger partial charge on any atom is -0.298 e. The van der Waals surface area contributed by atoms with E-state index < -0.39 is 11.6 Å². The van der Waals surface area contributed by atoms with Gasteiger partial charge in [0, 0.05) is 10.8 Å². The molecule has 0 bridgehead atoms. The second kappa shape index (κ2) is 5.63. The average Bonchev–Trinajstić information content (AvgIpc) is 2.83. The van der Waals surface area contributed by atoms with Gasteiger partial charge in [0.15, 0.2) is 0 Å². The number of hydrogen-bond acceptors (Lipinski definition) is 2. The highest BCUT2D eigenvalue weighted by atomic mass is 32.2. The molecule has 0 aromatic heterocycles. The van der Waals surface area contributed by atoms with E-state index in [1.165, 1.54) is 0 Å². The van der Waals surface area contributed by atoms with Crippen LogP contribution in [0.15, 0.2) is 23.1 Å². The first kappa shape index (κ1) is 12.6. The molecule has 1 saturated carbocycles. The van der Waals surface area contributed by atoms with Gasteiger partial charge in [-0.25, -0.2) is 8.78 Å². The largest absolute Gasteiger partial charge is 0.298 e. The third-order valence-corrected chi connectivity index (χ3v) is 4.13. The Kier molecular flexibility index (Phi) is 4.15. The molecule has 1 nitrogen and oxygen atoms in total. The summed E-state index contributed by atoms with van der Waals surface area (Å²) in [6, 6.07) is 3.32. The fraction of sp³-hybridized carbons (Fsp3) is 0.462. The molecule has 0 saturated heterocycles. The van der Waals surface area contributed by atoms with Crippen LogP contribution in [0.5, 0.6) is 0 Å². The first-order chi connectivity index (χ1) is 8.16. The lowest BCUT2D eigenvalue weighted by molar-refractivity contribution is -0.120. The number of rotatable bonds is 4. The zero-order chi connectivity index (χ0) is 12.3. The molecule has 0 spiro atoms. The number of Topliss-reactive ketones (excluding diaryl/α,β-unsaturated/α-hetero) is 1. The monoisotopic (exact) mass is 256 g/mol. The summed E-state index contributed by atoms with van der Waals surface area (Å²) in [5.41, 5.74) is 0. The van der Waals surface area contributed by atoms with Gasteiger partial charge in [-0.3, -0.25) is 4.79 Å². The molecule has 0 radical (unpaired) electrons. The van der Waals surface area contributed by atoms with E-state index in [0.29, 0.717) is 0 Å².